The van der Waals surface area contributed by atoms with E-state index in [0.717, 1.165) is 0 Å². The minimum Gasteiger partial charge on any atom is -0.351 e. The van der Waals surface area contributed by atoms with Crippen molar-refractivity contribution in [3.05, 3.63) is 20.2 Å². The maximum Gasteiger partial charge on any atom is 0.394 e. The summed E-state index contributed by atoms with van der Waals surface area (Å²) in [6, 6.07) is -1.44. The monoisotopic (exact) mass is 374 g/mol. The number of urea groups is 2. The van der Waals surface area contributed by atoms with Gasteiger partial charge in [-0.3, -0.25) is 20.0 Å². The first kappa shape index (κ1) is 31.9. The van der Waals surface area contributed by atoms with Crippen molar-refractivity contribution in [1.29, 1.82) is 0 Å². The van der Waals surface area contributed by atoms with E-state index >= 15 is 0 Å². The molecule has 20 nitrogen and oxygen atoms in total. The summed E-state index contributed by atoms with van der Waals surface area (Å²) in [7, 11) is -4.67. The number of nitrogens with two attached hydrogens (primary N) is 4. The van der Waals surface area contributed by atoms with Gasteiger partial charge in [0, 0.05) is 0 Å². The van der Waals surface area contributed by atoms with Crippen molar-refractivity contribution >= 4 is 22.5 Å². The Morgan fingerprint density at radius 2 is 0.913 bits per heavy atom. The quantitative estimate of drug-likeness (QED) is 0.0630. The number of nitrogens with one attached hydrogen (secondary N) is 2. The van der Waals surface area contributed by atoms with E-state index in [-0.39, 0.29) is 0 Å². The number of carbonyl (C=O) groups excluding carboxylic acids is 2. The van der Waals surface area contributed by atoms with Crippen LogP contribution in [-0.4, -0.2) is 50.2 Å². The smallest absolute Gasteiger partial charge is 0.351 e. The largest absolute Gasteiger partial charge is 0.394 e. The highest BCUT2D eigenvalue weighted by Gasteiger charge is 1.84. The van der Waals surface area contributed by atoms with Gasteiger partial charge < -0.3 is 21.9 Å². The summed E-state index contributed by atoms with van der Waals surface area (Å²) in [5.41, 5.74) is 12.2. The molecule has 0 heterocycles. The first-order valence-corrected chi connectivity index (χ1v) is 5.29. The highest BCUT2D eigenvalue weighted by Crippen LogP contribution is 1.59. The van der Waals surface area contributed by atoms with E-state index in [9.17, 15) is 9.59 Å². The number of hydrogen-bond acceptors (Lipinski definition) is 10. The van der Waals surface area contributed by atoms with Gasteiger partial charge in [-0.05, 0) is 0 Å². The number of nitrogens with zero attached hydrogens (tertiary/aromatic N) is 2. The predicted octanol–water partition coefficient (Wildman–Crippen LogP) is -4.29. The summed E-state index contributed by atoms with van der Waals surface area (Å²) in [4.78, 5) is 35.4. The molecule has 0 unspecified atom stereocenters. The van der Waals surface area contributed by atoms with Crippen LogP contribution < -0.4 is 34.0 Å². The fourth-order valence-electron chi connectivity index (χ4n) is 0. The Kier molecular flexibility index (Phi) is 29.2. The van der Waals surface area contributed by atoms with E-state index in [1.807, 2.05) is 0 Å². The molecule has 0 spiro atoms. The molecule has 14 N–H and O–H groups in total. The van der Waals surface area contributed by atoms with Gasteiger partial charge in [0.1, 0.15) is 0 Å². The van der Waals surface area contributed by atoms with Crippen LogP contribution in [0.4, 0.5) is 9.59 Å². The lowest BCUT2D eigenvalue weighted by atomic mass is 11.2. The Morgan fingerprint density at radius 1 is 0.870 bits per heavy atom. The minimum atomic E-state index is -4.67. The molecule has 0 saturated heterocycles. The van der Waals surface area contributed by atoms with Crippen LogP contribution in [0, 0.1) is 20.2 Å². The highest BCUT2D eigenvalue weighted by atomic mass is 32.3. The van der Waals surface area contributed by atoms with Crippen LogP contribution in [0.2, 0.25) is 0 Å². The summed E-state index contributed by atoms with van der Waals surface area (Å²) in [6.45, 7) is 0. The van der Waals surface area contributed by atoms with E-state index in [1.54, 1.807) is 10.9 Å². The second-order valence-corrected chi connectivity index (χ2v) is 2.84. The first-order valence-electron chi connectivity index (χ1n) is 3.89. The zero-order chi connectivity index (χ0) is 20.2. The van der Waals surface area contributed by atoms with Gasteiger partial charge >= 0.3 is 22.5 Å². The molecule has 0 radical (unpaired) electrons. The van der Waals surface area contributed by atoms with Crippen LogP contribution in [0.1, 0.15) is 0 Å². The molecule has 21 heteroatoms. The van der Waals surface area contributed by atoms with Crippen LogP contribution >= 0.6 is 0 Å². The zero-order valence-corrected chi connectivity index (χ0v) is 11.5. The van der Waals surface area contributed by atoms with Crippen LogP contribution in [0.3, 0.4) is 0 Å². The van der Waals surface area contributed by atoms with Crippen LogP contribution in [0.5, 0.6) is 0 Å². The van der Waals surface area contributed by atoms with Gasteiger partial charge in [-0.1, -0.05) is 0 Å². The number of hydrazine groups is 2. The Bertz CT molecular complexity index is 390. The molecule has 0 aliphatic rings. The Labute approximate surface area is 125 Å². The fraction of sp³-hybridized carbons (Fsp3) is 0. The molecule has 0 saturated carbocycles. The average Bonchev–Trinajstić information content (AvgIpc) is 2.25. The van der Waals surface area contributed by atoms with Gasteiger partial charge in [0.2, 0.25) is 0 Å². The Hall–Kier alpha value is -3.27. The number of amides is 4. The maximum absolute atomic E-state index is 9.35. The molecule has 0 aromatic carbocycles. The molecule has 0 aromatic rings. The topological polar surface area (TPSA) is 364 Å². The number of hydrogen-bond donors (Lipinski definition) is 10. The summed E-state index contributed by atoms with van der Waals surface area (Å²) in [6.07, 6.45) is 0. The van der Waals surface area contributed by atoms with Crippen molar-refractivity contribution in [2.75, 3.05) is 0 Å². The van der Waals surface area contributed by atoms with Crippen molar-refractivity contribution in [3.8, 4) is 0 Å². The SMILES string of the molecule is NNC(N)=O.NNC(N)=O.O=S(=O)(O)O.O=[N+]([O-])O.O=[N+]([O-])O. The van der Waals surface area contributed by atoms with E-state index in [2.05, 4.69) is 23.2 Å². The highest BCUT2D eigenvalue weighted by molar-refractivity contribution is 7.79. The Balaban J connectivity index is -0.0000000589. The van der Waals surface area contributed by atoms with E-state index in [1.165, 1.54) is 0 Å². The molecule has 0 bridgehead atoms. The fourth-order valence-corrected chi connectivity index (χ4v) is 0. The van der Waals surface area contributed by atoms with Gasteiger partial charge in [-0.2, -0.15) is 8.42 Å². The summed E-state index contributed by atoms with van der Waals surface area (Å²) in [5.74, 6) is 8.89. The lowest BCUT2D eigenvalue weighted by Gasteiger charge is -1.81. The third kappa shape index (κ3) is 9840. The number of primary amides is 2. The summed E-state index contributed by atoms with van der Waals surface area (Å²) >= 11 is 0. The van der Waals surface area contributed by atoms with Gasteiger partial charge in [0.05, 0.1) is 0 Å². The normalized spacial score (nSPS) is 7.48. The van der Waals surface area contributed by atoms with Gasteiger partial charge in [-0.15, -0.1) is 20.2 Å². The van der Waals surface area contributed by atoms with Crippen LogP contribution in [0.15, 0.2) is 0 Å². The van der Waals surface area contributed by atoms with Gasteiger partial charge in [-0.25, -0.2) is 21.3 Å². The van der Waals surface area contributed by atoms with E-state index in [4.69, 9.17) is 48.2 Å². The number of carbonyl (C=O) groups is 2. The van der Waals surface area contributed by atoms with Crippen molar-refractivity contribution in [2.24, 2.45) is 23.2 Å². The van der Waals surface area contributed by atoms with Crippen molar-refractivity contribution in [2.45, 2.75) is 0 Å². The molecule has 140 valence electrons. The van der Waals surface area contributed by atoms with Gasteiger partial charge in [0.15, 0.2) is 0 Å². The molecule has 0 aliphatic heterocycles. The van der Waals surface area contributed by atoms with Crippen LogP contribution in [-0.2, 0) is 10.4 Å². The predicted molar refractivity (Wildman–Crippen MR) is 65.6 cm³/mol. The maximum atomic E-state index is 9.35. The van der Waals surface area contributed by atoms with Crippen molar-refractivity contribution in [1.82, 2.24) is 10.9 Å². The summed E-state index contributed by atoms with van der Waals surface area (Å²) in [5, 5.41) is 27.3. The second-order valence-electron chi connectivity index (χ2n) is 1.94. The summed E-state index contributed by atoms with van der Waals surface area (Å²) < 4.78 is 31.6. The zero-order valence-electron chi connectivity index (χ0n) is 10.7. The molecular weight excluding hydrogens is 360 g/mol. The first-order chi connectivity index (χ1) is 10.0. The van der Waals surface area contributed by atoms with E-state index in [0.29, 0.717) is 0 Å². The molecule has 0 fully saturated rings. The molecule has 0 aromatic heterocycles. The number of rotatable bonds is 0. The van der Waals surface area contributed by atoms with E-state index < -0.39 is 32.6 Å². The lowest BCUT2D eigenvalue weighted by Crippen LogP contribution is -2.34. The molecule has 23 heavy (non-hydrogen) atoms. The Morgan fingerprint density at radius 3 is 0.913 bits per heavy atom. The van der Waals surface area contributed by atoms with Crippen molar-refractivity contribution in [3.63, 3.8) is 0 Å². The average molecular weight is 374 g/mol. The van der Waals surface area contributed by atoms with Gasteiger partial charge in [0.25, 0.3) is 10.2 Å². The van der Waals surface area contributed by atoms with Crippen molar-refractivity contribution < 1.29 is 47.7 Å². The lowest BCUT2D eigenvalue weighted by molar-refractivity contribution is -0.742. The molecule has 0 rings (SSSR count). The van der Waals surface area contributed by atoms with Crippen LogP contribution in [0.25, 0.3) is 0 Å². The molecule has 4 amide bonds. The second kappa shape index (κ2) is 21.0. The molecular formula is C2H14N8O12S. The molecule has 0 aliphatic carbocycles. The third-order valence-electron chi connectivity index (χ3n) is 0.285. The minimum absolute atomic E-state index is 0.718. The third-order valence-corrected chi connectivity index (χ3v) is 0.285. The standard InChI is InChI=1S/2CH5N3O.2HNO3.H2O4S/c2*2-1(5)4-3;2*2-1(3)4;1-5(2,3)4/h2*3H2,(H3,2,4,5);2*(H,2,3,4);(H2,1,2,3,4). The molecule has 0 atom stereocenters.